The molecule has 2 aromatic carbocycles. The van der Waals surface area contributed by atoms with Crippen molar-refractivity contribution >= 4 is 25.5 Å². The van der Waals surface area contributed by atoms with Gasteiger partial charge in [-0.05, 0) is 22.9 Å². The SMILES string of the molecule is CCC[Si]c1ccc2cc(OCOC)ccc2c1. The van der Waals surface area contributed by atoms with Crippen LogP contribution in [-0.4, -0.2) is 23.4 Å². The molecule has 0 aliphatic rings. The number of ether oxygens (including phenoxy) is 2. The van der Waals surface area contributed by atoms with Gasteiger partial charge in [-0.1, -0.05) is 48.8 Å². The Labute approximate surface area is 111 Å². The summed E-state index contributed by atoms with van der Waals surface area (Å²) in [6, 6.07) is 14.1. The first-order chi connectivity index (χ1) is 8.83. The Morgan fingerprint density at radius 2 is 1.83 bits per heavy atom. The third-order valence-electron chi connectivity index (χ3n) is 2.73. The molecule has 0 aliphatic carbocycles. The minimum atomic E-state index is 0.293. The summed E-state index contributed by atoms with van der Waals surface area (Å²) in [6.45, 7) is 2.52. The largest absolute Gasteiger partial charge is 0.468 e. The first-order valence-electron chi connectivity index (χ1n) is 6.23. The molecule has 0 N–H and O–H groups in total. The lowest BCUT2D eigenvalue weighted by atomic mass is 10.1. The van der Waals surface area contributed by atoms with Gasteiger partial charge < -0.3 is 9.47 Å². The van der Waals surface area contributed by atoms with Crippen molar-refractivity contribution in [1.82, 2.24) is 0 Å². The van der Waals surface area contributed by atoms with E-state index in [1.807, 2.05) is 6.07 Å². The van der Waals surface area contributed by atoms with E-state index in [9.17, 15) is 0 Å². The van der Waals surface area contributed by atoms with Crippen molar-refractivity contribution in [3.05, 3.63) is 36.4 Å². The van der Waals surface area contributed by atoms with Gasteiger partial charge >= 0.3 is 0 Å². The molecule has 2 nitrogen and oxygen atoms in total. The summed E-state index contributed by atoms with van der Waals surface area (Å²) in [7, 11) is 2.54. The molecule has 0 saturated carbocycles. The van der Waals surface area contributed by atoms with Crippen molar-refractivity contribution < 1.29 is 9.47 Å². The van der Waals surface area contributed by atoms with Crippen LogP contribution in [0.25, 0.3) is 10.8 Å². The maximum absolute atomic E-state index is 5.44. The van der Waals surface area contributed by atoms with Crippen LogP contribution >= 0.6 is 0 Å². The van der Waals surface area contributed by atoms with Gasteiger partial charge in [-0.15, -0.1) is 0 Å². The second kappa shape index (κ2) is 6.57. The van der Waals surface area contributed by atoms with Crippen molar-refractivity contribution in [2.24, 2.45) is 0 Å². The van der Waals surface area contributed by atoms with Gasteiger partial charge in [0.05, 0.1) is 9.52 Å². The molecule has 0 aliphatic heterocycles. The molecule has 0 aromatic heterocycles. The van der Waals surface area contributed by atoms with Gasteiger partial charge in [0.15, 0.2) is 6.79 Å². The van der Waals surface area contributed by atoms with Gasteiger partial charge in [-0.25, -0.2) is 0 Å². The van der Waals surface area contributed by atoms with Gasteiger partial charge in [0, 0.05) is 7.11 Å². The van der Waals surface area contributed by atoms with Crippen LogP contribution in [0.5, 0.6) is 5.75 Å². The molecule has 0 bridgehead atoms. The molecule has 0 saturated heterocycles. The summed E-state index contributed by atoms with van der Waals surface area (Å²) in [5, 5.41) is 3.93. The zero-order chi connectivity index (χ0) is 12.8. The second-order valence-corrected chi connectivity index (χ2v) is 5.63. The average molecular weight is 258 g/mol. The van der Waals surface area contributed by atoms with Crippen LogP contribution in [0, 0.1) is 0 Å². The summed E-state index contributed by atoms with van der Waals surface area (Å²) in [5.74, 6) is 0.855. The van der Waals surface area contributed by atoms with Crippen LogP contribution in [0.1, 0.15) is 13.3 Å². The third-order valence-corrected chi connectivity index (χ3v) is 4.20. The number of fused-ring (bicyclic) bond motifs is 1. The first kappa shape index (κ1) is 13.1. The Kier molecular flexibility index (Phi) is 4.79. The lowest BCUT2D eigenvalue weighted by Crippen LogP contribution is -2.12. The number of hydrogen-bond acceptors (Lipinski definition) is 2. The van der Waals surface area contributed by atoms with Crippen molar-refractivity contribution in [3.8, 4) is 5.75 Å². The van der Waals surface area contributed by atoms with Gasteiger partial charge in [-0.2, -0.15) is 0 Å². The number of methoxy groups -OCH3 is 1. The summed E-state index contributed by atoms with van der Waals surface area (Å²) >= 11 is 0. The van der Waals surface area contributed by atoms with E-state index in [0.29, 0.717) is 6.79 Å². The average Bonchev–Trinajstić information content (AvgIpc) is 2.42. The first-order valence-corrected chi connectivity index (χ1v) is 7.43. The number of benzene rings is 2. The molecular weight excluding hydrogens is 240 g/mol. The number of hydrogen-bond donors (Lipinski definition) is 0. The zero-order valence-electron chi connectivity index (χ0n) is 10.9. The third kappa shape index (κ3) is 3.34. The van der Waals surface area contributed by atoms with Crippen molar-refractivity contribution in [2.45, 2.75) is 19.4 Å². The topological polar surface area (TPSA) is 18.5 Å². The minimum absolute atomic E-state index is 0.293. The molecule has 0 unspecified atom stereocenters. The highest BCUT2D eigenvalue weighted by atomic mass is 28.2. The summed E-state index contributed by atoms with van der Waals surface area (Å²) in [6.07, 6.45) is 1.25. The van der Waals surface area contributed by atoms with Crippen LogP contribution in [-0.2, 0) is 4.74 Å². The van der Waals surface area contributed by atoms with Crippen LogP contribution in [0.2, 0.25) is 6.04 Å². The molecule has 0 atom stereocenters. The van der Waals surface area contributed by atoms with E-state index >= 15 is 0 Å². The van der Waals surface area contributed by atoms with E-state index in [0.717, 1.165) is 15.3 Å². The van der Waals surface area contributed by atoms with E-state index in [-0.39, 0.29) is 0 Å². The molecule has 18 heavy (non-hydrogen) atoms. The Morgan fingerprint density at radius 3 is 2.61 bits per heavy atom. The van der Waals surface area contributed by atoms with Crippen LogP contribution in [0.15, 0.2) is 36.4 Å². The van der Waals surface area contributed by atoms with E-state index < -0.39 is 0 Å². The Morgan fingerprint density at radius 1 is 1.06 bits per heavy atom. The summed E-state index contributed by atoms with van der Waals surface area (Å²) < 4.78 is 10.3. The molecule has 2 rings (SSSR count). The second-order valence-electron chi connectivity index (χ2n) is 4.20. The molecule has 0 fully saturated rings. The van der Waals surface area contributed by atoms with E-state index in [2.05, 4.69) is 37.3 Å². The smallest absolute Gasteiger partial charge is 0.188 e. The molecule has 94 valence electrons. The molecule has 2 radical (unpaired) electrons. The minimum Gasteiger partial charge on any atom is -0.468 e. The van der Waals surface area contributed by atoms with E-state index in [1.165, 1.54) is 28.4 Å². The lowest BCUT2D eigenvalue weighted by molar-refractivity contribution is 0.0512. The highest BCUT2D eigenvalue weighted by Crippen LogP contribution is 2.20. The predicted molar refractivity (Wildman–Crippen MR) is 76.9 cm³/mol. The fourth-order valence-corrected chi connectivity index (χ4v) is 2.82. The zero-order valence-corrected chi connectivity index (χ0v) is 11.9. The van der Waals surface area contributed by atoms with Crippen LogP contribution in [0.4, 0.5) is 0 Å². The van der Waals surface area contributed by atoms with Crippen LogP contribution < -0.4 is 9.92 Å². The standard InChI is InChI=1S/C15H18O2Si/c1-3-8-18-15-7-5-12-9-14(17-11-16-2)6-4-13(12)10-15/h4-7,9-10H,3,8,11H2,1-2H3. The maximum atomic E-state index is 5.44. The molecule has 0 amide bonds. The Hall–Kier alpha value is -1.32. The fourth-order valence-electron chi connectivity index (χ4n) is 1.82. The van der Waals surface area contributed by atoms with E-state index in [1.54, 1.807) is 7.11 Å². The quantitative estimate of drug-likeness (QED) is 0.586. The molecule has 0 spiro atoms. The van der Waals surface area contributed by atoms with E-state index in [4.69, 9.17) is 9.47 Å². The van der Waals surface area contributed by atoms with Crippen molar-refractivity contribution in [1.29, 1.82) is 0 Å². The molecule has 2 aromatic rings. The highest BCUT2D eigenvalue weighted by molar-refractivity contribution is 6.53. The van der Waals surface area contributed by atoms with Crippen LogP contribution in [0.3, 0.4) is 0 Å². The highest BCUT2D eigenvalue weighted by Gasteiger charge is 2.00. The van der Waals surface area contributed by atoms with Gasteiger partial charge in [0.25, 0.3) is 0 Å². The maximum Gasteiger partial charge on any atom is 0.188 e. The summed E-state index contributed by atoms with van der Waals surface area (Å²) in [4.78, 5) is 0. The summed E-state index contributed by atoms with van der Waals surface area (Å²) in [5.41, 5.74) is 0. The normalized spacial score (nSPS) is 10.8. The predicted octanol–water partition coefficient (Wildman–Crippen LogP) is 2.98. The van der Waals surface area contributed by atoms with Gasteiger partial charge in [-0.3, -0.25) is 0 Å². The molecule has 0 heterocycles. The molecular formula is C15H18O2Si. The lowest BCUT2D eigenvalue weighted by Gasteiger charge is -2.07. The van der Waals surface area contributed by atoms with Crippen molar-refractivity contribution in [3.63, 3.8) is 0 Å². The monoisotopic (exact) mass is 258 g/mol. The van der Waals surface area contributed by atoms with Crippen molar-refractivity contribution in [2.75, 3.05) is 13.9 Å². The Bertz CT molecular complexity index is 464. The Balaban J connectivity index is 2.19. The number of rotatable bonds is 6. The fraction of sp³-hybridized carbons (Fsp3) is 0.333. The van der Waals surface area contributed by atoms with Gasteiger partial charge in [0.1, 0.15) is 5.75 Å². The molecule has 3 heteroatoms. The van der Waals surface area contributed by atoms with Gasteiger partial charge in [0.2, 0.25) is 0 Å².